The molecule has 1 amide bonds. The molecule has 0 aliphatic carbocycles. The molecule has 1 heterocycles. The predicted molar refractivity (Wildman–Crippen MR) is 75.4 cm³/mol. The Bertz CT molecular complexity index is 730. The van der Waals surface area contributed by atoms with E-state index in [1.54, 1.807) is 4.72 Å². The monoisotopic (exact) mass is 348 g/mol. The highest BCUT2D eigenvalue weighted by Crippen LogP contribution is 2.16. The number of nitrogens with one attached hydrogen (secondary N) is 1. The van der Waals surface area contributed by atoms with Crippen LogP contribution in [0.5, 0.6) is 0 Å². The highest BCUT2D eigenvalue weighted by molar-refractivity contribution is 7.87. The summed E-state index contributed by atoms with van der Waals surface area (Å²) < 4.78 is 53.3. The number of carboxylic acids is 1. The second-order valence-corrected chi connectivity index (χ2v) is 6.68. The number of amides is 1. The van der Waals surface area contributed by atoms with Gasteiger partial charge < -0.3 is 5.11 Å². The highest BCUT2D eigenvalue weighted by atomic mass is 32.2. The van der Waals surface area contributed by atoms with Crippen LogP contribution in [0.25, 0.3) is 0 Å². The summed E-state index contributed by atoms with van der Waals surface area (Å²) in [6, 6.07) is 2.51. The van der Waals surface area contributed by atoms with Gasteiger partial charge >= 0.3 is 16.2 Å². The van der Waals surface area contributed by atoms with Gasteiger partial charge in [-0.25, -0.2) is 18.3 Å². The minimum absolute atomic E-state index is 0.0387. The number of rotatable bonds is 4. The first-order valence-electron chi connectivity index (χ1n) is 6.70. The van der Waals surface area contributed by atoms with Crippen LogP contribution >= 0.6 is 0 Å². The van der Waals surface area contributed by atoms with Crippen molar-refractivity contribution in [2.45, 2.75) is 19.0 Å². The summed E-state index contributed by atoms with van der Waals surface area (Å²) in [6.07, 6.45) is -0.997. The minimum Gasteiger partial charge on any atom is -0.478 e. The molecule has 7 nitrogen and oxygen atoms in total. The van der Waals surface area contributed by atoms with Gasteiger partial charge in [0.05, 0.1) is 5.56 Å². The summed E-state index contributed by atoms with van der Waals surface area (Å²) in [5, 5.41) is 8.70. The number of carbonyl (C=O) groups is 2. The Kier molecular flexibility index (Phi) is 4.95. The molecule has 0 atom stereocenters. The Morgan fingerprint density at radius 2 is 1.87 bits per heavy atom. The van der Waals surface area contributed by atoms with Gasteiger partial charge in [-0.1, -0.05) is 0 Å². The lowest BCUT2D eigenvalue weighted by Gasteiger charge is -2.27. The first-order chi connectivity index (χ1) is 10.7. The highest BCUT2D eigenvalue weighted by Gasteiger charge is 2.29. The summed E-state index contributed by atoms with van der Waals surface area (Å²) in [5.41, 5.74) is -0.967. The van der Waals surface area contributed by atoms with E-state index in [-0.39, 0.29) is 31.5 Å². The molecule has 1 aliphatic heterocycles. The zero-order valence-corrected chi connectivity index (χ0v) is 12.6. The molecule has 0 aromatic heterocycles. The maximum absolute atomic E-state index is 13.5. The third-order valence-corrected chi connectivity index (χ3v) is 4.90. The van der Waals surface area contributed by atoms with Crippen LogP contribution in [0, 0.1) is 5.82 Å². The van der Waals surface area contributed by atoms with Crippen LogP contribution in [0.1, 0.15) is 33.6 Å². The van der Waals surface area contributed by atoms with Crippen LogP contribution in [-0.4, -0.2) is 49.0 Å². The Labute approximate surface area is 131 Å². The average molecular weight is 348 g/mol. The number of carbonyl (C=O) groups excluding carboxylic acids is 1. The normalized spacial score (nSPS) is 17.0. The Balaban J connectivity index is 2.12. The van der Waals surface area contributed by atoms with Gasteiger partial charge in [0.15, 0.2) is 0 Å². The standard InChI is InChI=1S/C13H14F2N2O5S/c14-9-3-5-17(6-4-9)23(21,22)16-12(18)8-1-2-10(13(19)20)11(15)7-8/h1-2,7,9H,3-6H2,(H,16,18)(H,19,20). The number of benzene rings is 1. The van der Waals surface area contributed by atoms with E-state index >= 15 is 0 Å². The first-order valence-corrected chi connectivity index (χ1v) is 8.14. The van der Waals surface area contributed by atoms with E-state index < -0.39 is 39.6 Å². The molecule has 1 fully saturated rings. The van der Waals surface area contributed by atoms with Gasteiger partial charge in [-0.2, -0.15) is 12.7 Å². The van der Waals surface area contributed by atoms with E-state index in [2.05, 4.69) is 0 Å². The van der Waals surface area contributed by atoms with E-state index in [1.165, 1.54) is 0 Å². The number of alkyl halides is 1. The molecule has 0 spiro atoms. The maximum Gasteiger partial charge on any atom is 0.338 e. The van der Waals surface area contributed by atoms with Crippen molar-refractivity contribution >= 4 is 22.1 Å². The van der Waals surface area contributed by atoms with Gasteiger partial charge in [0.25, 0.3) is 5.91 Å². The van der Waals surface area contributed by atoms with Crippen LogP contribution in [0.3, 0.4) is 0 Å². The summed E-state index contributed by atoms with van der Waals surface area (Å²) in [6.45, 7) is -0.119. The predicted octanol–water partition coefficient (Wildman–Crippen LogP) is 0.932. The summed E-state index contributed by atoms with van der Waals surface area (Å²) in [7, 11) is -4.17. The summed E-state index contributed by atoms with van der Waals surface area (Å²) in [4.78, 5) is 22.6. The second kappa shape index (κ2) is 6.59. The fraction of sp³-hybridized carbons (Fsp3) is 0.385. The Morgan fingerprint density at radius 1 is 1.26 bits per heavy atom. The van der Waals surface area contributed by atoms with Crippen LogP contribution in [0.15, 0.2) is 18.2 Å². The molecule has 126 valence electrons. The summed E-state index contributed by atoms with van der Waals surface area (Å²) in [5.74, 6) is -3.75. The van der Waals surface area contributed by atoms with Crippen LogP contribution in [0.2, 0.25) is 0 Å². The first kappa shape index (κ1) is 17.3. The van der Waals surface area contributed by atoms with Gasteiger partial charge in [-0.3, -0.25) is 4.79 Å². The molecule has 0 radical (unpaired) electrons. The van der Waals surface area contributed by atoms with Crippen molar-refractivity contribution in [2.24, 2.45) is 0 Å². The van der Waals surface area contributed by atoms with E-state index in [0.717, 1.165) is 16.4 Å². The van der Waals surface area contributed by atoms with Crippen LogP contribution in [0.4, 0.5) is 8.78 Å². The third-order valence-electron chi connectivity index (χ3n) is 3.41. The molecular weight excluding hydrogens is 334 g/mol. The van der Waals surface area contributed by atoms with Crippen LogP contribution < -0.4 is 4.72 Å². The molecule has 1 aromatic carbocycles. The fourth-order valence-corrected chi connectivity index (χ4v) is 3.31. The molecule has 0 unspecified atom stereocenters. The zero-order chi connectivity index (χ0) is 17.2. The smallest absolute Gasteiger partial charge is 0.338 e. The third kappa shape index (κ3) is 4.02. The lowest BCUT2D eigenvalue weighted by Crippen LogP contribution is -2.47. The van der Waals surface area contributed by atoms with E-state index in [4.69, 9.17) is 5.11 Å². The number of aromatic carboxylic acids is 1. The van der Waals surface area contributed by atoms with Gasteiger partial charge in [-0.15, -0.1) is 0 Å². The van der Waals surface area contributed by atoms with Crippen molar-refractivity contribution in [3.8, 4) is 0 Å². The van der Waals surface area contributed by atoms with Crippen molar-refractivity contribution < 1.29 is 31.9 Å². The second-order valence-electron chi connectivity index (χ2n) is 5.01. The molecule has 1 saturated heterocycles. The number of carboxylic acid groups (broad SMARTS) is 1. The molecule has 23 heavy (non-hydrogen) atoms. The van der Waals surface area contributed by atoms with E-state index in [1.807, 2.05) is 0 Å². The molecule has 0 saturated carbocycles. The zero-order valence-electron chi connectivity index (χ0n) is 11.8. The van der Waals surface area contributed by atoms with Crippen molar-refractivity contribution in [1.82, 2.24) is 9.03 Å². The van der Waals surface area contributed by atoms with Gasteiger partial charge in [0, 0.05) is 18.7 Å². The van der Waals surface area contributed by atoms with Crippen molar-refractivity contribution in [1.29, 1.82) is 0 Å². The Morgan fingerprint density at radius 3 is 2.39 bits per heavy atom. The number of halogens is 2. The summed E-state index contributed by atoms with van der Waals surface area (Å²) >= 11 is 0. The molecule has 2 N–H and O–H groups in total. The topological polar surface area (TPSA) is 104 Å². The average Bonchev–Trinajstić information content (AvgIpc) is 2.46. The number of hydrogen-bond donors (Lipinski definition) is 2. The SMILES string of the molecule is O=C(NS(=O)(=O)N1CCC(F)CC1)c1ccc(C(=O)O)c(F)c1. The molecule has 0 bridgehead atoms. The fourth-order valence-electron chi connectivity index (χ4n) is 2.14. The number of hydrogen-bond acceptors (Lipinski definition) is 4. The largest absolute Gasteiger partial charge is 0.478 e. The van der Waals surface area contributed by atoms with E-state index in [0.29, 0.717) is 6.07 Å². The number of nitrogens with zero attached hydrogens (tertiary/aromatic N) is 1. The molecule has 1 aromatic rings. The van der Waals surface area contributed by atoms with Gasteiger partial charge in [0.1, 0.15) is 12.0 Å². The van der Waals surface area contributed by atoms with Crippen LogP contribution in [-0.2, 0) is 10.2 Å². The maximum atomic E-state index is 13.5. The van der Waals surface area contributed by atoms with Gasteiger partial charge in [-0.05, 0) is 31.0 Å². The quantitative estimate of drug-likeness (QED) is 0.842. The molecule has 1 aliphatic rings. The minimum atomic E-state index is -4.17. The Hall–Kier alpha value is -2.07. The van der Waals surface area contributed by atoms with Gasteiger partial charge in [0.2, 0.25) is 0 Å². The lowest BCUT2D eigenvalue weighted by atomic mass is 10.1. The van der Waals surface area contributed by atoms with Crippen molar-refractivity contribution in [2.75, 3.05) is 13.1 Å². The van der Waals surface area contributed by atoms with Crippen molar-refractivity contribution in [3.05, 3.63) is 35.1 Å². The van der Waals surface area contributed by atoms with Crippen molar-refractivity contribution in [3.63, 3.8) is 0 Å². The number of piperidine rings is 1. The molecule has 10 heteroatoms. The molecule has 2 rings (SSSR count). The lowest BCUT2D eigenvalue weighted by molar-refractivity contribution is 0.0691. The van der Waals surface area contributed by atoms with E-state index in [9.17, 15) is 26.8 Å². The molecular formula is C13H14F2N2O5S.